The van der Waals surface area contributed by atoms with Crippen LogP contribution in [0.5, 0.6) is 5.75 Å². The molecule has 0 heterocycles. The fourth-order valence-electron chi connectivity index (χ4n) is 2.01. The molecule has 0 bridgehead atoms. The van der Waals surface area contributed by atoms with Gasteiger partial charge in [-0.25, -0.2) is 10.2 Å². The summed E-state index contributed by atoms with van der Waals surface area (Å²) in [6.07, 6.45) is 0.746. The van der Waals surface area contributed by atoms with E-state index in [4.69, 9.17) is 33.8 Å². The number of ether oxygens (including phenoxy) is 1. The highest BCUT2D eigenvalue weighted by atomic mass is 79.9. The van der Waals surface area contributed by atoms with Gasteiger partial charge in [0.25, 0.3) is 0 Å². The van der Waals surface area contributed by atoms with Gasteiger partial charge in [-0.2, -0.15) is 0 Å². The van der Waals surface area contributed by atoms with Gasteiger partial charge in [-0.3, -0.25) is 10.2 Å². The van der Waals surface area contributed by atoms with Crippen LogP contribution in [-0.4, -0.2) is 5.91 Å². The third-order valence-electron chi connectivity index (χ3n) is 3.25. The summed E-state index contributed by atoms with van der Waals surface area (Å²) in [5, 5.41) is 0.678. The number of hydrogen-bond donors (Lipinski definition) is 2. The zero-order chi connectivity index (χ0) is 17.7. The quantitative estimate of drug-likeness (QED) is 0.401. The number of aryl methyl sites for hydroxylation is 1. The summed E-state index contributed by atoms with van der Waals surface area (Å²) in [5.41, 5.74) is 3.58. The molecule has 3 N–H and O–H groups in total. The van der Waals surface area contributed by atoms with Crippen molar-refractivity contribution < 1.29 is 13.9 Å². The molecule has 24 heavy (non-hydrogen) atoms. The highest BCUT2D eigenvalue weighted by molar-refractivity contribution is 9.10. The molecule has 0 atom stereocenters. The number of nitrogens with one attached hydrogen (secondary N) is 1. The molecular weight excluding hydrogens is 422 g/mol. The summed E-state index contributed by atoms with van der Waals surface area (Å²) in [5.74, 6) is 4.83. The summed E-state index contributed by atoms with van der Waals surface area (Å²) in [6.45, 7) is 0.145. The first-order valence-electron chi connectivity index (χ1n) is 6.94. The molecule has 0 unspecified atom stereocenters. The largest absolute Gasteiger partial charge is 0.486 e. The first kappa shape index (κ1) is 19.0. The lowest BCUT2D eigenvalue weighted by Crippen LogP contribution is -2.30. The van der Waals surface area contributed by atoms with E-state index in [0.29, 0.717) is 27.2 Å². The van der Waals surface area contributed by atoms with Crippen LogP contribution < -0.4 is 16.0 Å². The number of amides is 1. The number of hydrogen-bond acceptors (Lipinski definition) is 3. The van der Waals surface area contributed by atoms with Gasteiger partial charge in [0.15, 0.2) is 5.75 Å². The lowest BCUT2D eigenvalue weighted by atomic mass is 10.1. The highest BCUT2D eigenvalue weighted by Gasteiger charge is 2.12. The predicted octanol–water partition coefficient (Wildman–Crippen LogP) is 4.40. The van der Waals surface area contributed by atoms with Crippen molar-refractivity contribution >= 4 is 45.0 Å². The Bertz CT molecular complexity index is 736. The highest BCUT2D eigenvalue weighted by Crippen LogP contribution is 2.35. The average Bonchev–Trinajstić information content (AvgIpc) is 2.53. The molecule has 128 valence electrons. The van der Waals surface area contributed by atoms with Crippen molar-refractivity contribution in [3.8, 4) is 5.75 Å². The van der Waals surface area contributed by atoms with Crippen LogP contribution in [0.2, 0.25) is 10.0 Å². The van der Waals surface area contributed by atoms with Crippen molar-refractivity contribution in [1.82, 2.24) is 5.43 Å². The molecule has 2 aromatic carbocycles. The smallest absolute Gasteiger partial charge is 0.234 e. The number of nitrogens with two attached hydrogens (primary N) is 1. The number of benzene rings is 2. The lowest BCUT2D eigenvalue weighted by Gasteiger charge is -2.13. The monoisotopic (exact) mass is 434 g/mol. The van der Waals surface area contributed by atoms with Crippen molar-refractivity contribution in [3.63, 3.8) is 0 Å². The fourth-order valence-corrected chi connectivity index (χ4v) is 3.27. The molecule has 0 radical (unpaired) electrons. The molecule has 2 aromatic rings. The second-order valence-electron chi connectivity index (χ2n) is 4.98. The maximum atomic E-state index is 13.0. The van der Waals surface area contributed by atoms with Gasteiger partial charge in [0, 0.05) is 12.0 Å². The van der Waals surface area contributed by atoms with E-state index in [1.165, 1.54) is 12.1 Å². The third kappa shape index (κ3) is 5.08. The van der Waals surface area contributed by atoms with Crippen LogP contribution in [0.3, 0.4) is 0 Å². The summed E-state index contributed by atoms with van der Waals surface area (Å²) in [6, 6.07) is 7.63. The van der Waals surface area contributed by atoms with Crippen LogP contribution in [0.4, 0.5) is 4.39 Å². The van der Waals surface area contributed by atoms with E-state index in [0.717, 1.165) is 5.56 Å². The second kappa shape index (κ2) is 8.67. The zero-order valence-electron chi connectivity index (χ0n) is 12.4. The van der Waals surface area contributed by atoms with Crippen molar-refractivity contribution in [2.45, 2.75) is 19.4 Å². The predicted molar refractivity (Wildman–Crippen MR) is 95.5 cm³/mol. The van der Waals surface area contributed by atoms with Gasteiger partial charge in [-0.1, -0.05) is 29.3 Å². The molecule has 1 amide bonds. The minimum Gasteiger partial charge on any atom is -0.486 e. The van der Waals surface area contributed by atoms with Crippen LogP contribution in [0.1, 0.15) is 17.5 Å². The minimum absolute atomic E-state index is 0.145. The molecule has 0 aliphatic heterocycles. The van der Waals surface area contributed by atoms with E-state index in [2.05, 4.69) is 21.4 Å². The molecule has 0 aliphatic rings. The van der Waals surface area contributed by atoms with Crippen LogP contribution >= 0.6 is 39.1 Å². The van der Waals surface area contributed by atoms with E-state index >= 15 is 0 Å². The summed E-state index contributed by atoms with van der Waals surface area (Å²) in [7, 11) is 0. The number of carbonyl (C=O) groups excluding carboxylic acids is 1. The Morgan fingerprint density at radius 3 is 2.62 bits per heavy atom. The zero-order valence-corrected chi connectivity index (χ0v) is 15.5. The molecule has 0 aliphatic carbocycles. The first-order chi connectivity index (χ1) is 11.4. The normalized spacial score (nSPS) is 10.5. The van der Waals surface area contributed by atoms with Crippen LogP contribution in [0.25, 0.3) is 0 Å². The molecule has 0 fully saturated rings. The van der Waals surface area contributed by atoms with E-state index < -0.39 is 5.82 Å². The van der Waals surface area contributed by atoms with Crippen LogP contribution in [-0.2, 0) is 17.8 Å². The van der Waals surface area contributed by atoms with E-state index in [9.17, 15) is 9.18 Å². The van der Waals surface area contributed by atoms with Gasteiger partial charge >= 0.3 is 0 Å². The Labute approximate surface area is 157 Å². The van der Waals surface area contributed by atoms with Crippen LogP contribution in [0, 0.1) is 5.82 Å². The molecule has 0 aromatic heterocycles. The maximum Gasteiger partial charge on any atom is 0.234 e. The maximum absolute atomic E-state index is 13.0. The van der Waals surface area contributed by atoms with Crippen molar-refractivity contribution in [3.05, 3.63) is 61.8 Å². The Balaban J connectivity index is 2.09. The Morgan fingerprint density at radius 1 is 1.25 bits per heavy atom. The van der Waals surface area contributed by atoms with Gasteiger partial charge in [0.1, 0.15) is 12.4 Å². The SMILES string of the molecule is NNC(=O)CCc1cc(Cl)c(OCc2ccc(F)cc2Cl)c(Br)c1. The first-order valence-corrected chi connectivity index (χ1v) is 8.49. The van der Waals surface area contributed by atoms with Crippen molar-refractivity contribution in [2.75, 3.05) is 0 Å². The van der Waals surface area contributed by atoms with E-state index in [-0.39, 0.29) is 24.0 Å². The van der Waals surface area contributed by atoms with Crippen molar-refractivity contribution in [2.24, 2.45) is 5.84 Å². The van der Waals surface area contributed by atoms with Crippen LogP contribution in [0.15, 0.2) is 34.8 Å². The van der Waals surface area contributed by atoms with Gasteiger partial charge in [0.2, 0.25) is 5.91 Å². The fraction of sp³-hybridized carbons (Fsp3) is 0.188. The molecule has 8 heteroatoms. The topological polar surface area (TPSA) is 64.3 Å². The van der Waals surface area contributed by atoms with Gasteiger partial charge in [0.05, 0.1) is 14.5 Å². The second-order valence-corrected chi connectivity index (χ2v) is 6.65. The molecule has 0 saturated heterocycles. The Hall–Kier alpha value is -1.34. The number of hydrazine groups is 1. The van der Waals surface area contributed by atoms with Crippen molar-refractivity contribution in [1.29, 1.82) is 0 Å². The Morgan fingerprint density at radius 2 is 2.00 bits per heavy atom. The average molecular weight is 436 g/mol. The third-order valence-corrected chi connectivity index (χ3v) is 4.47. The van der Waals surface area contributed by atoms with E-state index in [1.54, 1.807) is 12.1 Å². The number of carbonyl (C=O) groups is 1. The number of rotatable bonds is 6. The lowest BCUT2D eigenvalue weighted by molar-refractivity contribution is -0.121. The van der Waals surface area contributed by atoms with Gasteiger partial charge < -0.3 is 4.74 Å². The van der Waals surface area contributed by atoms with E-state index in [1.807, 2.05) is 6.07 Å². The summed E-state index contributed by atoms with van der Waals surface area (Å²) < 4.78 is 19.4. The summed E-state index contributed by atoms with van der Waals surface area (Å²) >= 11 is 15.6. The minimum atomic E-state index is -0.408. The molecule has 2 rings (SSSR count). The van der Waals surface area contributed by atoms with Gasteiger partial charge in [-0.15, -0.1) is 0 Å². The molecule has 0 saturated carbocycles. The molecular formula is C16H14BrCl2FN2O2. The number of halogens is 4. The van der Waals surface area contributed by atoms with Gasteiger partial charge in [-0.05, 0) is 52.2 Å². The standard InChI is InChI=1S/C16H14BrCl2FN2O2/c17-12-5-9(1-4-15(23)22-21)6-14(19)16(12)24-8-10-2-3-11(20)7-13(10)18/h2-3,5-7H,1,4,8,21H2,(H,22,23). The summed E-state index contributed by atoms with van der Waals surface area (Å²) in [4.78, 5) is 11.2. The molecule has 4 nitrogen and oxygen atoms in total. The Kier molecular flexibility index (Phi) is 6.86. The molecule has 0 spiro atoms.